The van der Waals surface area contributed by atoms with Crippen LogP contribution in [0.3, 0.4) is 0 Å². The Kier molecular flexibility index (Phi) is 4.94. The number of hydrogen-bond donors (Lipinski definition) is 1. The molecule has 1 aliphatic heterocycles. The molecule has 0 aromatic heterocycles. The Morgan fingerprint density at radius 1 is 1.00 bits per heavy atom. The summed E-state index contributed by atoms with van der Waals surface area (Å²) >= 11 is 0. The van der Waals surface area contributed by atoms with E-state index >= 15 is 0 Å². The van der Waals surface area contributed by atoms with Crippen LogP contribution in [0, 0.1) is 5.92 Å². The SMILES string of the molecule is C1CCC(OCCC2CCCNC2)CC1. The van der Waals surface area contributed by atoms with Crippen molar-refractivity contribution in [3.8, 4) is 0 Å². The van der Waals surface area contributed by atoms with Crippen molar-refractivity contribution in [2.75, 3.05) is 19.7 Å². The van der Waals surface area contributed by atoms with Crippen LogP contribution >= 0.6 is 0 Å². The molecule has 2 aliphatic rings. The first-order chi connectivity index (χ1) is 7.45. The summed E-state index contributed by atoms with van der Waals surface area (Å²) in [6.07, 6.45) is 11.4. The van der Waals surface area contributed by atoms with Crippen LogP contribution in [-0.4, -0.2) is 25.8 Å². The molecular weight excluding hydrogens is 186 g/mol. The summed E-state index contributed by atoms with van der Waals surface area (Å²) in [7, 11) is 0. The highest BCUT2D eigenvalue weighted by molar-refractivity contribution is 4.70. The highest BCUT2D eigenvalue weighted by Crippen LogP contribution is 2.21. The molecule has 0 aromatic carbocycles. The topological polar surface area (TPSA) is 21.3 Å². The fourth-order valence-electron chi connectivity index (χ4n) is 2.80. The van der Waals surface area contributed by atoms with E-state index in [9.17, 15) is 0 Å². The van der Waals surface area contributed by atoms with E-state index in [0.717, 1.165) is 12.5 Å². The van der Waals surface area contributed by atoms with Gasteiger partial charge in [-0.1, -0.05) is 19.3 Å². The predicted molar refractivity (Wildman–Crippen MR) is 63.0 cm³/mol. The quantitative estimate of drug-likeness (QED) is 0.772. The van der Waals surface area contributed by atoms with Crippen molar-refractivity contribution >= 4 is 0 Å². The Labute approximate surface area is 93.8 Å². The molecule has 0 bridgehead atoms. The van der Waals surface area contributed by atoms with Crippen LogP contribution in [-0.2, 0) is 4.74 Å². The lowest BCUT2D eigenvalue weighted by atomic mass is 9.96. The fourth-order valence-corrected chi connectivity index (χ4v) is 2.80. The maximum atomic E-state index is 5.96. The molecule has 0 amide bonds. The van der Waals surface area contributed by atoms with E-state index in [1.165, 1.54) is 64.5 Å². The van der Waals surface area contributed by atoms with Gasteiger partial charge in [0.1, 0.15) is 0 Å². The highest BCUT2D eigenvalue weighted by atomic mass is 16.5. The fraction of sp³-hybridized carbons (Fsp3) is 1.00. The van der Waals surface area contributed by atoms with Gasteiger partial charge in [0.25, 0.3) is 0 Å². The Morgan fingerprint density at radius 3 is 2.60 bits per heavy atom. The minimum atomic E-state index is 0.593. The Morgan fingerprint density at radius 2 is 1.87 bits per heavy atom. The molecule has 2 heteroatoms. The van der Waals surface area contributed by atoms with Crippen LogP contribution in [0.15, 0.2) is 0 Å². The van der Waals surface area contributed by atoms with Crippen molar-refractivity contribution in [1.82, 2.24) is 5.32 Å². The van der Waals surface area contributed by atoms with E-state index < -0.39 is 0 Å². The van der Waals surface area contributed by atoms with Crippen molar-refractivity contribution < 1.29 is 4.74 Å². The van der Waals surface area contributed by atoms with Gasteiger partial charge >= 0.3 is 0 Å². The van der Waals surface area contributed by atoms with Crippen molar-refractivity contribution in [3.05, 3.63) is 0 Å². The van der Waals surface area contributed by atoms with Gasteiger partial charge in [-0.3, -0.25) is 0 Å². The molecular formula is C13H25NO. The smallest absolute Gasteiger partial charge is 0.0575 e. The molecule has 1 unspecified atom stereocenters. The molecule has 88 valence electrons. The summed E-state index contributed by atoms with van der Waals surface area (Å²) in [5.74, 6) is 0.877. The van der Waals surface area contributed by atoms with E-state index in [-0.39, 0.29) is 0 Å². The zero-order valence-corrected chi connectivity index (χ0v) is 9.84. The van der Waals surface area contributed by atoms with E-state index in [1.807, 2.05) is 0 Å². The Balaban J connectivity index is 1.53. The first-order valence-electron chi connectivity index (χ1n) is 6.77. The molecule has 2 rings (SSSR count). The second kappa shape index (κ2) is 6.49. The van der Waals surface area contributed by atoms with E-state index in [4.69, 9.17) is 4.74 Å². The molecule has 15 heavy (non-hydrogen) atoms. The van der Waals surface area contributed by atoms with Gasteiger partial charge < -0.3 is 10.1 Å². The third-order valence-electron chi connectivity index (χ3n) is 3.83. The van der Waals surface area contributed by atoms with Crippen molar-refractivity contribution in [2.24, 2.45) is 5.92 Å². The number of hydrogen-bond acceptors (Lipinski definition) is 2. The summed E-state index contributed by atoms with van der Waals surface area (Å²) < 4.78 is 5.96. The van der Waals surface area contributed by atoms with Gasteiger partial charge in [0.15, 0.2) is 0 Å². The largest absolute Gasteiger partial charge is 0.378 e. The van der Waals surface area contributed by atoms with Gasteiger partial charge in [-0.2, -0.15) is 0 Å². The highest BCUT2D eigenvalue weighted by Gasteiger charge is 2.16. The van der Waals surface area contributed by atoms with Crippen LogP contribution in [0.5, 0.6) is 0 Å². The van der Waals surface area contributed by atoms with Crippen LogP contribution in [0.4, 0.5) is 0 Å². The summed E-state index contributed by atoms with van der Waals surface area (Å²) in [5.41, 5.74) is 0. The second-order valence-corrected chi connectivity index (χ2v) is 5.13. The first kappa shape index (κ1) is 11.4. The van der Waals surface area contributed by atoms with Crippen LogP contribution in [0.25, 0.3) is 0 Å². The summed E-state index contributed by atoms with van der Waals surface area (Å²) in [5, 5.41) is 3.47. The molecule has 2 fully saturated rings. The molecule has 1 N–H and O–H groups in total. The first-order valence-corrected chi connectivity index (χ1v) is 6.77. The summed E-state index contributed by atoms with van der Waals surface area (Å²) in [6.45, 7) is 3.44. The van der Waals surface area contributed by atoms with Crippen molar-refractivity contribution in [1.29, 1.82) is 0 Å². The zero-order chi connectivity index (χ0) is 10.3. The molecule has 1 heterocycles. The van der Waals surface area contributed by atoms with E-state index in [0.29, 0.717) is 6.10 Å². The Bertz CT molecular complexity index is 142. The number of rotatable bonds is 4. The molecule has 1 saturated heterocycles. The molecule has 1 atom stereocenters. The number of ether oxygens (including phenoxy) is 1. The minimum absolute atomic E-state index is 0.593. The lowest BCUT2D eigenvalue weighted by Gasteiger charge is -2.25. The molecule has 0 radical (unpaired) electrons. The van der Waals surface area contributed by atoms with E-state index in [1.54, 1.807) is 0 Å². The van der Waals surface area contributed by atoms with Gasteiger partial charge in [0.2, 0.25) is 0 Å². The number of piperidine rings is 1. The minimum Gasteiger partial charge on any atom is -0.378 e. The van der Waals surface area contributed by atoms with Crippen LogP contribution in [0.2, 0.25) is 0 Å². The maximum absolute atomic E-state index is 5.96. The number of nitrogens with one attached hydrogen (secondary N) is 1. The normalized spacial score (nSPS) is 29.2. The summed E-state index contributed by atoms with van der Waals surface area (Å²) in [4.78, 5) is 0. The molecule has 1 saturated carbocycles. The average Bonchev–Trinajstić information content (AvgIpc) is 2.32. The molecule has 2 nitrogen and oxygen atoms in total. The zero-order valence-electron chi connectivity index (χ0n) is 9.84. The lowest BCUT2D eigenvalue weighted by Crippen LogP contribution is -2.30. The Hall–Kier alpha value is -0.0800. The lowest BCUT2D eigenvalue weighted by molar-refractivity contribution is 0.0199. The van der Waals surface area contributed by atoms with Crippen molar-refractivity contribution in [3.63, 3.8) is 0 Å². The molecule has 1 aliphatic carbocycles. The van der Waals surface area contributed by atoms with Gasteiger partial charge in [-0.25, -0.2) is 0 Å². The van der Waals surface area contributed by atoms with Gasteiger partial charge in [0.05, 0.1) is 6.10 Å². The average molecular weight is 211 g/mol. The standard InChI is InChI=1S/C13H25NO/c1-2-6-13(7-3-1)15-10-8-12-5-4-9-14-11-12/h12-14H,1-11H2. The van der Waals surface area contributed by atoms with Gasteiger partial charge in [0, 0.05) is 6.61 Å². The monoisotopic (exact) mass is 211 g/mol. The molecule has 0 aromatic rings. The second-order valence-electron chi connectivity index (χ2n) is 5.13. The third-order valence-corrected chi connectivity index (χ3v) is 3.83. The summed E-state index contributed by atoms with van der Waals surface area (Å²) in [6, 6.07) is 0. The van der Waals surface area contributed by atoms with E-state index in [2.05, 4.69) is 5.32 Å². The maximum Gasteiger partial charge on any atom is 0.0575 e. The van der Waals surface area contributed by atoms with Crippen LogP contribution in [0.1, 0.15) is 51.4 Å². The predicted octanol–water partition coefficient (Wildman–Crippen LogP) is 2.73. The van der Waals surface area contributed by atoms with Crippen LogP contribution < -0.4 is 5.32 Å². The van der Waals surface area contributed by atoms with Gasteiger partial charge in [-0.05, 0) is 51.1 Å². The third kappa shape index (κ3) is 4.12. The van der Waals surface area contributed by atoms with Gasteiger partial charge in [-0.15, -0.1) is 0 Å². The molecule has 0 spiro atoms. The van der Waals surface area contributed by atoms with Crippen molar-refractivity contribution in [2.45, 2.75) is 57.5 Å².